The Labute approximate surface area is 120 Å². The molecule has 0 aliphatic carbocycles. The van der Waals surface area contributed by atoms with Gasteiger partial charge in [0, 0.05) is 38.4 Å². The molecular weight excluding hydrogens is 252 g/mol. The van der Waals surface area contributed by atoms with E-state index in [0.29, 0.717) is 0 Å². The summed E-state index contributed by atoms with van der Waals surface area (Å²) in [5, 5.41) is 0. The van der Waals surface area contributed by atoms with Crippen molar-refractivity contribution < 1.29 is 4.79 Å². The normalized spacial score (nSPS) is 17.1. The molecule has 0 atom stereocenters. The maximum Gasteiger partial charge on any atom is 0.240 e. The SMILES string of the molecule is CC(C)(CN1CCN(c2ccccc2)CC1)C(=O)NN. The van der Waals surface area contributed by atoms with Crippen molar-refractivity contribution in [1.82, 2.24) is 10.3 Å². The lowest BCUT2D eigenvalue weighted by atomic mass is 9.91. The van der Waals surface area contributed by atoms with E-state index in [1.807, 2.05) is 19.9 Å². The summed E-state index contributed by atoms with van der Waals surface area (Å²) in [6, 6.07) is 10.4. The largest absolute Gasteiger partial charge is 0.369 e. The minimum atomic E-state index is -0.455. The first-order valence-electron chi connectivity index (χ1n) is 7.06. The lowest BCUT2D eigenvalue weighted by molar-refractivity contribution is -0.130. The number of carbonyl (C=O) groups excluding carboxylic acids is 1. The standard InChI is InChI=1S/C15H24N4O/c1-15(2,14(20)17-16)12-18-8-10-19(11-9-18)13-6-4-3-5-7-13/h3-7H,8-12,16H2,1-2H3,(H,17,20). The summed E-state index contributed by atoms with van der Waals surface area (Å²) in [5.74, 6) is 5.13. The van der Waals surface area contributed by atoms with Crippen LogP contribution in [0.15, 0.2) is 30.3 Å². The topological polar surface area (TPSA) is 61.6 Å². The maximum absolute atomic E-state index is 11.7. The summed E-state index contributed by atoms with van der Waals surface area (Å²) in [7, 11) is 0. The van der Waals surface area contributed by atoms with Crippen molar-refractivity contribution in [2.75, 3.05) is 37.6 Å². The van der Waals surface area contributed by atoms with Crippen molar-refractivity contribution in [3.8, 4) is 0 Å². The molecule has 1 aliphatic rings. The van der Waals surface area contributed by atoms with Crippen LogP contribution in [0, 0.1) is 5.41 Å². The predicted octanol–water partition coefficient (Wildman–Crippen LogP) is 0.825. The number of amides is 1. The fourth-order valence-electron chi connectivity index (χ4n) is 2.63. The van der Waals surface area contributed by atoms with Gasteiger partial charge in [0.2, 0.25) is 5.91 Å². The highest BCUT2D eigenvalue weighted by Gasteiger charge is 2.30. The fourth-order valence-corrected chi connectivity index (χ4v) is 2.63. The third-order valence-electron chi connectivity index (χ3n) is 3.86. The van der Waals surface area contributed by atoms with E-state index in [-0.39, 0.29) is 5.91 Å². The molecule has 1 heterocycles. The number of anilines is 1. The average molecular weight is 276 g/mol. The van der Waals surface area contributed by atoms with Crippen molar-refractivity contribution >= 4 is 11.6 Å². The molecule has 0 bridgehead atoms. The van der Waals surface area contributed by atoms with Gasteiger partial charge in [-0.25, -0.2) is 5.84 Å². The second-order valence-electron chi connectivity index (χ2n) is 5.96. The molecule has 20 heavy (non-hydrogen) atoms. The van der Waals surface area contributed by atoms with Gasteiger partial charge in [0.05, 0.1) is 5.41 Å². The van der Waals surface area contributed by atoms with Crippen LogP contribution in [0.3, 0.4) is 0 Å². The molecule has 5 nitrogen and oxygen atoms in total. The quantitative estimate of drug-likeness (QED) is 0.486. The average Bonchev–Trinajstić information content (AvgIpc) is 2.47. The minimum absolute atomic E-state index is 0.108. The Balaban J connectivity index is 1.87. The lowest BCUT2D eigenvalue weighted by Gasteiger charge is -2.39. The van der Waals surface area contributed by atoms with E-state index in [0.717, 1.165) is 32.7 Å². The molecule has 0 unspecified atom stereocenters. The molecular formula is C15H24N4O. The number of nitrogens with two attached hydrogens (primary N) is 1. The molecule has 2 rings (SSSR count). The van der Waals surface area contributed by atoms with Crippen molar-refractivity contribution in [1.29, 1.82) is 0 Å². The van der Waals surface area contributed by atoms with Crippen LogP contribution in [-0.2, 0) is 4.79 Å². The Morgan fingerprint density at radius 1 is 1.20 bits per heavy atom. The van der Waals surface area contributed by atoms with Gasteiger partial charge in [-0.05, 0) is 26.0 Å². The number of nitrogens with one attached hydrogen (secondary N) is 1. The van der Waals surface area contributed by atoms with Crippen molar-refractivity contribution in [2.45, 2.75) is 13.8 Å². The van der Waals surface area contributed by atoms with Gasteiger partial charge in [-0.3, -0.25) is 15.1 Å². The molecule has 110 valence electrons. The molecule has 1 amide bonds. The van der Waals surface area contributed by atoms with Crippen LogP contribution in [0.5, 0.6) is 0 Å². The molecule has 1 saturated heterocycles. The van der Waals surface area contributed by atoms with E-state index in [1.165, 1.54) is 5.69 Å². The predicted molar refractivity (Wildman–Crippen MR) is 81.2 cm³/mol. The van der Waals surface area contributed by atoms with Crippen LogP contribution < -0.4 is 16.2 Å². The highest BCUT2D eigenvalue weighted by Crippen LogP contribution is 2.20. The lowest BCUT2D eigenvalue weighted by Crippen LogP contribution is -2.52. The van der Waals surface area contributed by atoms with Gasteiger partial charge in [-0.1, -0.05) is 18.2 Å². The molecule has 0 spiro atoms. The zero-order chi connectivity index (χ0) is 14.6. The summed E-state index contributed by atoms with van der Waals surface area (Å²) in [6.45, 7) is 8.51. The third-order valence-corrected chi connectivity index (χ3v) is 3.86. The molecule has 0 saturated carbocycles. The molecule has 1 aliphatic heterocycles. The van der Waals surface area contributed by atoms with E-state index in [1.54, 1.807) is 0 Å². The second-order valence-corrected chi connectivity index (χ2v) is 5.96. The third kappa shape index (κ3) is 3.49. The smallest absolute Gasteiger partial charge is 0.240 e. The number of benzene rings is 1. The molecule has 0 aromatic heterocycles. The van der Waals surface area contributed by atoms with Gasteiger partial charge < -0.3 is 4.90 Å². The van der Waals surface area contributed by atoms with Gasteiger partial charge in [0.15, 0.2) is 0 Å². The van der Waals surface area contributed by atoms with Crippen molar-refractivity contribution in [3.05, 3.63) is 30.3 Å². The van der Waals surface area contributed by atoms with Crippen LogP contribution in [0.2, 0.25) is 0 Å². The van der Waals surface area contributed by atoms with Gasteiger partial charge in [-0.15, -0.1) is 0 Å². The second kappa shape index (κ2) is 6.24. The Kier molecular flexibility index (Phi) is 4.62. The van der Waals surface area contributed by atoms with Gasteiger partial charge >= 0.3 is 0 Å². The van der Waals surface area contributed by atoms with Crippen molar-refractivity contribution in [3.63, 3.8) is 0 Å². The Bertz CT molecular complexity index is 438. The van der Waals surface area contributed by atoms with Gasteiger partial charge in [0.25, 0.3) is 0 Å². The zero-order valence-electron chi connectivity index (χ0n) is 12.3. The first-order valence-corrected chi connectivity index (χ1v) is 7.06. The van der Waals surface area contributed by atoms with Crippen LogP contribution in [0.25, 0.3) is 0 Å². The monoisotopic (exact) mass is 276 g/mol. The summed E-state index contributed by atoms with van der Waals surface area (Å²) >= 11 is 0. The van der Waals surface area contributed by atoms with Gasteiger partial charge in [-0.2, -0.15) is 0 Å². The molecule has 1 aromatic rings. The highest BCUT2D eigenvalue weighted by atomic mass is 16.2. The number of hydrazine groups is 1. The Hall–Kier alpha value is -1.59. The van der Waals surface area contributed by atoms with Crippen LogP contribution in [0.1, 0.15) is 13.8 Å². The number of carbonyl (C=O) groups is 1. The van der Waals surface area contributed by atoms with E-state index < -0.39 is 5.41 Å². The zero-order valence-corrected chi connectivity index (χ0v) is 12.3. The van der Waals surface area contributed by atoms with E-state index in [9.17, 15) is 4.79 Å². The summed E-state index contributed by atoms with van der Waals surface area (Å²) in [4.78, 5) is 16.4. The minimum Gasteiger partial charge on any atom is -0.369 e. The first kappa shape index (κ1) is 14.8. The Morgan fingerprint density at radius 2 is 1.80 bits per heavy atom. The first-order chi connectivity index (χ1) is 9.53. The summed E-state index contributed by atoms with van der Waals surface area (Å²) in [6.07, 6.45) is 0. The van der Waals surface area contributed by atoms with Crippen LogP contribution in [-0.4, -0.2) is 43.5 Å². The summed E-state index contributed by atoms with van der Waals surface area (Å²) in [5.41, 5.74) is 3.07. The fraction of sp³-hybridized carbons (Fsp3) is 0.533. The van der Waals surface area contributed by atoms with E-state index in [2.05, 4.69) is 39.5 Å². The number of rotatable bonds is 4. The summed E-state index contributed by atoms with van der Waals surface area (Å²) < 4.78 is 0. The Morgan fingerprint density at radius 3 is 2.35 bits per heavy atom. The number of hydrogen-bond acceptors (Lipinski definition) is 4. The van der Waals surface area contributed by atoms with Crippen LogP contribution >= 0.6 is 0 Å². The molecule has 1 fully saturated rings. The van der Waals surface area contributed by atoms with Gasteiger partial charge in [0.1, 0.15) is 0 Å². The van der Waals surface area contributed by atoms with Crippen LogP contribution in [0.4, 0.5) is 5.69 Å². The number of hydrogen-bond donors (Lipinski definition) is 2. The van der Waals surface area contributed by atoms with Crippen molar-refractivity contribution in [2.24, 2.45) is 11.3 Å². The number of nitrogens with zero attached hydrogens (tertiary/aromatic N) is 2. The molecule has 0 radical (unpaired) electrons. The molecule has 5 heteroatoms. The maximum atomic E-state index is 11.7. The van der Waals surface area contributed by atoms with E-state index in [4.69, 9.17) is 5.84 Å². The molecule has 3 N–H and O–H groups in total. The molecule has 1 aromatic carbocycles. The van der Waals surface area contributed by atoms with E-state index >= 15 is 0 Å². The highest BCUT2D eigenvalue weighted by molar-refractivity contribution is 5.81. The number of para-hydroxylation sites is 1. The number of piperazine rings is 1.